The Hall–Kier alpha value is -8.10. The fourth-order valence-electron chi connectivity index (χ4n) is 13.1. The maximum atomic E-state index is 11.9. The van der Waals surface area contributed by atoms with E-state index in [1.165, 1.54) is 22.3 Å². The first kappa shape index (κ1) is 72.3. The summed E-state index contributed by atoms with van der Waals surface area (Å²) >= 11 is 0. The molecule has 18 nitrogen and oxygen atoms in total. The number of carbonyl (C=O) groups excluding carboxylic acids is 6. The van der Waals surface area contributed by atoms with Crippen molar-refractivity contribution in [2.45, 2.75) is 147 Å². The molecule has 12 rings (SSSR count). The average molecular weight is 1270 g/mol. The van der Waals surface area contributed by atoms with Gasteiger partial charge in [0, 0.05) is 22.7 Å². The Kier molecular flexibility index (Phi) is 25.4. The molecule has 0 aromatic heterocycles. The van der Waals surface area contributed by atoms with Crippen molar-refractivity contribution < 1.29 is 57.2 Å². The van der Waals surface area contributed by atoms with Gasteiger partial charge >= 0.3 is 35.8 Å². The van der Waals surface area contributed by atoms with E-state index >= 15 is 0 Å². The highest BCUT2D eigenvalue weighted by molar-refractivity contribution is 5.82. The molecule has 6 aromatic carbocycles. The molecule has 18 heteroatoms. The van der Waals surface area contributed by atoms with Crippen LogP contribution >= 0.6 is 0 Å². The fraction of sp³-hybridized carbons (Fsp3) is 0.440. The third-order valence-electron chi connectivity index (χ3n) is 18.2. The van der Waals surface area contributed by atoms with Crippen LogP contribution in [0.5, 0.6) is 11.5 Å². The topological polar surface area (TPSA) is 230 Å². The molecule has 6 aliphatic heterocycles. The number of esters is 6. The normalized spacial score (nSPS) is 24.2. The van der Waals surface area contributed by atoms with E-state index in [1.807, 2.05) is 128 Å². The van der Waals surface area contributed by atoms with Crippen LogP contribution in [0.15, 0.2) is 146 Å². The van der Waals surface area contributed by atoms with E-state index < -0.39 is 0 Å². The molecule has 93 heavy (non-hydrogen) atoms. The number of carbonyl (C=O) groups is 6. The van der Waals surface area contributed by atoms with Gasteiger partial charge in [0.1, 0.15) is 67.6 Å². The molecule has 9 unspecified atom stereocenters. The van der Waals surface area contributed by atoms with Gasteiger partial charge in [-0.05, 0) is 134 Å². The third kappa shape index (κ3) is 17.4. The minimum atomic E-state index is -0.349. The molecule has 6 aliphatic rings. The molecule has 0 fully saturated rings. The van der Waals surface area contributed by atoms with Crippen molar-refractivity contribution in [3.63, 3.8) is 0 Å². The zero-order chi connectivity index (χ0) is 67.8. The molecule has 0 radical (unpaired) electrons. The molecule has 0 amide bonds. The van der Waals surface area contributed by atoms with E-state index in [0.717, 1.165) is 46.2 Å². The van der Waals surface area contributed by atoms with E-state index in [2.05, 4.69) is 112 Å². The lowest BCUT2D eigenvalue weighted by molar-refractivity contribution is -0.148. The van der Waals surface area contributed by atoms with Gasteiger partial charge in [0.05, 0.1) is 6.61 Å². The van der Waals surface area contributed by atoms with E-state index in [1.54, 1.807) is 42.3 Å². The molecule has 0 aliphatic carbocycles. The van der Waals surface area contributed by atoms with Crippen molar-refractivity contribution in [3.05, 3.63) is 201 Å². The smallest absolute Gasteiger partial charge is 0.329 e. The lowest BCUT2D eigenvalue weighted by Crippen LogP contribution is -2.48. The Bertz CT molecular complexity index is 3550. The summed E-state index contributed by atoms with van der Waals surface area (Å²) in [6.45, 7) is 20.3. The van der Waals surface area contributed by atoms with Crippen molar-refractivity contribution >= 4 is 35.8 Å². The SMILES string of the molecule is CNC1C(=O)OCC(C)(C)c2ccccc21.CNC1C(=O)OCC(C)c2ccccc21.CNC1C(=O)OCc2ccccc2C1(C)C.CNC1C(=O)OCc2ccccc2C1C.CNC1C(=O)Oc2ccccc2CC1(C)C.CNC1C(=O)Oc2ccccc2CC1C. The van der Waals surface area contributed by atoms with Crippen molar-refractivity contribution in [2.75, 3.05) is 55.5 Å². The first-order chi connectivity index (χ1) is 44.4. The highest BCUT2D eigenvalue weighted by atomic mass is 16.6. The highest BCUT2D eigenvalue weighted by Gasteiger charge is 2.42. The lowest BCUT2D eigenvalue weighted by Gasteiger charge is -2.31. The molecule has 6 heterocycles. The Morgan fingerprint density at radius 3 is 1.48 bits per heavy atom. The summed E-state index contributed by atoms with van der Waals surface area (Å²) in [7, 11) is 10.7. The van der Waals surface area contributed by atoms with Gasteiger partial charge in [-0.25, -0.2) is 19.2 Å². The summed E-state index contributed by atoms with van der Waals surface area (Å²) in [6, 6.07) is 45.9. The lowest BCUT2D eigenvalue weighted by atomic mass is 9.76. The van der Waals surface area contributed by atoms with E-state index in [-0.39, 0.29) is 106 Å². The second-order valence-corrected chi connectivity index (χ2v) is 26.1. The quantitative estimate of drug-likeness (QED) is 0.0518. The van der Waals surface area contributed by atoms with Crippen LogP contribution in [0, 0.1) is 11.3 Å². The van der Waals surface area contributed by atoms with Crippen LogP contribution in [0.4, 0.5) is 0 Å². The maximum Gasteiger partial charge on any atom is 0.329 e. The van der Waals surface area contributed by atoms with Gasteiger partial charge in [-0.2, -0.15) is 0 Å². The highest BCUT2D eigenvalue weighted by Crippen LogP contribution is 2.38. The number of likely N-dealkylation sites (N-methyl/N-ethyl adjacent to an activating group) is 6. The number of ether oxygens (including phenoxy) is 6. The van der Waals surface area contributed by atoms with Crippen LogP contribution in [0.2, 0.25) is 0 Å². The van der Waals surface area contributed by atoms with E-state index in [0.29, 0.717) is 37.9 Å². The monoisotopic (exact) mass is 1270 g/mol. The molecule has 6 aromatic rings. The number of fused-ring (bicyclic) bond motifs is 6. The first-order valence-electron chi connectivity index (χ1n) is 32.0. The Labute approximate surface area is 549 Å². The number of hydrogen-bond donors (Lipinski definition) is 6. The zero-order valence-corrected chi connectivity index (χ0v) is 56.7. The van der Waals surface area contributed by atoms with Gasteiger partial charge in [0.2, 0.25) is 0 Å². The summed E-state index contributed by atoms with van der Waals surface area (Å²) < 4.78 is 31.7. The van der Waals surface area contributed by atoms with Gasteiger partial charge in [0.25, 0.3) is 0 Å². The molecule has 0 saturated heterocycles. The maximum absolute atomic E-state index is 11.9. The van der Waals surface area contributed by atoms with Crippen molar-refractivity contribution in [1.82, 2.24) is 31.9 Å². The van der Waals surface area contributed by atoms with Crippen molar-refractivity contribution in [1.29, 1.82) is 0 Å². The summed E-state index contributed by atoms with van der Waals surface area (Å²) in [4.78, 5) is 70.6. The molecular weight excluding hydrogens is 1180 g/mol. The van der Waals surface area contributed by atoms with Crippen LogP contribution in [-0.2, 0) is 84.6 Å². The van der Waals surface area contributed by atoms with Gasteiger partial charge in [-0.1, -0.05) is 196 Å². The minimum Gasteiger partial charge on any atom is -0.464 e. The second kappa shape index (κ2) is 32.6. The third-order valence-corrected chi connectivity index (χ3v) is 18.2. The number of hydrogen-bond acceptors (Lipinski definition) is 18. The van der Waals surface area contributed by atoms with Crippen LogP contribution in [0.25, 0.3) is 0 Å². The summed E-state index contributed by atoms with van der Waals surface area (Å²) in [5.74, 6) is 0.966. The van der Waals surface area contributed by atoms with Gasteiger partial charge in [0.15, 0.2) is 0 Å². The predicted octanol–water partition coefficient (Wildman–Crippen LogP) is 9.57. The molecule has 6 N–H and O–H groups in total. The average Bonchev–Trinajstić information content (AvgIpc) is 1.79. The van der Waals surface area contributed by atoms with Crippen molar-refractivity contribution in [3.8, 4) is 11.5 Å². The Morgan fingerprint density at radius 2 is 0.871 bits per heavy atom. The van der Waals surface area contributed by atoms with Gasteiger partial charge in [-0.3, -0.25) is 9.59 Å². The number of benzene rings is 6. The van der Waals surface area contributed by atoms with Gasteiger partial charge in [-0.15, -0.1) is 0 Å². The van der Waals surface area contributed by atoms with Crippen LogP contribution in [0.3, 0.4) is 0 Å². The largest absolute Gasteiger partial charge is 0.464 e. The zero-order valence-electron chi connectivity index (χ0n) is 56.7. The molecule has 9 atom stereocenters. The summed E-state index contributed by atoms with van der Waals surface area (Å²) in [5, 5.41) is 18.1. The molecular formula is C75H96N6O12. The predicted molar refractivity (Wildman–Crippen MR) is 360 cm³/mol. The fourth-order valence-corrected chi connectivity index (χ4v) is 13.1. The molecule has 0 spiro atoms. The number of cyclic esters (lactones) is 4. The van der Waals surface area contributed by atoms with E-state index in [4.69, 9.17) is 28.4 Å². The first-order valence-corrected chi connectivity index (χ1v) is 32.0. The summed E-state index contributed by atoms with van der Waals surface area (Å²) in [5.41, 5.74) is 10.7. The van der Waals surface area contributed by atoms with Crippen LogP contribution in [-0.4, -0.2) is 115 Å². The molecule has 0 saturated carbocycles. The molecule has 498 valence electrons. The summed E-state index contributed by atoms with van der Waals surface area (Å²) in [6.07, 6.45) is 1.70. The van der Waals surface area contributed by atoms with Crippen LogP contribution < -0.4 is 41.4 Å². The Balaban J connectivity index is 0.000000158. The van der Waals surface area contributed by atoms with Crippen molar-refractivity contribution in [2.24, 2.45) is 11.3 Å². The Morgan fingerprint density at radius 1 is 0.398 bits per heavy atom. The van der Waals surface area contributed by atoms with E-state index in [9.17, 15) is 28.8 Å². The van der Waals surface area contributed by atoms with Gasteiger partial charge < -0.3 is 60.3 Å². The minimum absolute atomic E-state index is 0.127. The number of rotatable bonds is 6. The number of nitrogens with one attached hydrogen (secondary N) is 6. The van der Waals surface area contributed by atoms with Crippen LogP contribution in [0.1, 0.15) is 142 Å². The molecule has 0 bridgehead atoms. The standard InChI is InChI=1S/3C13H17NO2.3C12H15NO2/c1-13(2)8-16-12(15)11(14-3)9-6-4-5-7-10(9)13;1-13(2)10-7-5-4-6-9(10)8-16-12(15)11(13)14-3;1-13(2)8-9-6-4-5-7-10(9)16-12(15)11(13)14-3;1-8-10-6-4-3-5-9(10)7-15-12(14)11(8)13-2;1-8-7-15-12(14)11(13-2)10-6-4-3-5-9(8)10;1-8-7-9-5-3-4-6-10(9)15-12(14)11(8)13-2/h3*4-7,11,14H,8H2,1-3H3;3*3-6,8,11,13H,7H2,1-2H3. The second-order valence-electron chi connectivity index (χ2n) is 26.1. The number of para-hydroxylation sites is 2.